The van der Waals surface area contributed by atoms with Gasteiger partial charge in [-0.25, -0.2) is 5.43 Å². The molecule has 12 nitrogen and oxygen atoms in total. The first kappa shape index (κ1) is 27.4. The van der Waals surface area contributed by atoms with Crippen LogP contribution in [0.3, 0.4) is 0 Å². The van der Waals surface area contributed by atoms with Crippen LogP contribution in [0.2, 0.25) is 0 Å². The summed E-state index contributed by atoms with van der Waals surface area (Å²) in [7, 11) is 1.47. The molecule has 2 atom stereocenters. The third-order valence-electron chi connectivity index (χ3n) is 5.51. The number of anilines is 1. The van der Waals surface area contributed by atoms with Gasteiger partial charge in [0.15, 0.2) is 18.1 Å². The maximum atomic E-state index is 12.6. The van der Waals surface area contributed by atoms with Gasteiger partial charge < -0.3 is 24.4 Å². The van der Waals surface area contributed by atoms with Crippen LogP contribution >= 0.6 is 0 Å². The van der Waals surface area contributed by atoms with Gasteiger partial charge in [0.05, 0.1) is 30.5 Å². The summed E-state index contributed by atoms with van der Waals surface area (Å²) in [4.78, 5) is 37.5. The molecule has 2 aromatic carbocycles. The molecule has 37 heavy (non-hydrogen) atoms. The Kier molecular flexibility index (Phi) is 9.39. The lowest BCUT2D eigenvalue weighted by Gasteiger charge is -2.35. The van der Waals surface area contributed by atoms with Gasteiger partial charge in [-0.15, -0.1) is 0 Å². The first-order chi connectivity index (χ1) is 17.7. The maximum Gasteiger partial charge on any atom is 0.293 e. The molecule has 1 fully saturated rings. The Morgan fingerprint density at radius 1 is 1.19 bits per heavy atom. The molecule has 0 spiro atoms. The average Bonchev–Trinajstić information content (AvgIpc) is 2.87. The average molecular weight is 514 g/mol. The fourth-order valence-corrected chi connectivity index (χ4v) is 3.89. The number of nitro benzene ring substituents is 1. The van der Waals surface area contributed by atoms with Crippen LogP contribution in [-0.4, -0.2) is 73.4 Å². The molecule has 2 N–H and O–H groups in total. The van der Waals surface area contributed by atoms with Crippen LogP contribution in [0.5, 0.6) is 11.5 Å². The Bertz CT molecular complexity index is 1160. The van der Waals surface area contributed by atoms with Gasteiger partial charge in [-0.05, 0) is 56.7 Å². The lowest BCUT2D eigenvalue weighted by molar-refractivity contribution is -0.384. The van der Waals surface area contributed by atoms with Crippen LogP contribution in [0.25, 0.3) is 0 Å². The van der Waals surface area contributed by atoms with Crippen molar-refractivity contribution in [2.45, 2.75) is 33.0 Å². The molecule has 12 heteroatoms. The van der Waals surface area contributed by atoms with Crippen molar-refractivity contribution in [1.82, 2.24) is 10.3 Å². The number of hydrogen-bond acceptors (Lipinski definition) is 9. The monoisotopic (exact) mass is 513 g/mol. The second-order valence-electron chi connectivity index (χ2n) is 8.47. The highest BCUT2D eigenvalue weighted by Gasteiger charge is 2.26. The molecular formula is C25H31N5O7. The number of morpholine rings is 1. The number of nitrogens with zero attached hydrogens (tertiary/aromatic N) is 3. The molecule has 0 unspecified atom stereocenters. The van der Waals surface area contributed by atoms with Gasteiger partial charge in [0.25, 0.3) is 17.5 Å². The highest BCUT2D eigenvalue weighted by atomic mass is 16.6. The number of carbonyl (C=O) groups excluding carboxylic acids is 2. The Morgan fingerprint density at radius 3 is 2.57 bits per heavy atom. The summed E-state index contributed by atoms with van der Waals surface area (Å²) in [5, 5.41) is 18.1. The van der Waals surface area contributed by atoms with Gasteiger partial charge in [0.2, 0.25) is 0 Å². The molecule has 0 saturated carbocycles. The minimum absolute atomic E-state index is 0.0335. The lowest BCUT2D eigenvalue weighted by Crippen LogP contribution is -2.49. The van der Waals surface area contributed by atoms with E-state index in [-0.39, 0.29) is 36.0 Å². The Labute approximate surface area is 214 Å². The van der Waals surface area contributed by atoms with Crippen molar-refractivity contribution in [2.24, 2.45) is 5.10 Å². The van der Waals surface area contributed by atoms with Gasteiger partial charge in [0, 0.05) is 31.3 Å². The number of carbonyl (C=O) groups is 2. The third kappa shape index (κ3) is 7.40. The smallest absolute Gasteiger partial charge is 0.293 e. The van der Waals surface area contributed by atoms with Crippen molar-refractivity contribution in [3.63, 3.8) is 0 Å². The van der Waals surface area contributed by atoms with Crippen LogP contribution in [0.15, 0.2) is 41.5 Å². The van der Waals surface area contributed by atoms with Crippen molar-refractivity contribution < 1.29 is 28.7 Å². The molecule has 1 saturated heterocycles. The van der Waals surface area contributed by atoms with E-state index in [9.17, 15) is 19.7 Å². The summed E-state index contributed by atoms with van der Waals surface area (Å²) in [5.74, 6) is 0.0386. The summed E-state index contributed by atoms with van der Waals surface area (Å²) in [5.41, 5.74) is 3.18. The normalized spacial score (nSPS) is 17.4. The largest absolute Gasteiger partial charge is 0.493 e. The molecule has 198 valence electrons. The number of hydrazone groups is 1. The molecule has 2 aromatic rings. The van der Waals surface area contributed by atoms with E-state index in [0.29, 0.717) is 42.4 Å². The molecule has 1 heterocycles. The zero-order valence-electron chi connectivity index (χ0n) is 21.2. The van der Waals surface area contributed by atoms with Crippen molar-refractivity contribution in [3.8, 4) is 11.5 Å². The van der Waals surface area contributed by atoms with E-state index in [1.165, 1.54) is 31.5 Å². The van der Waals surface area contributed by atoms with E-state index in [1.807, 2.05) is 20.8 Å². The first-order valence-electron chi connectivity index (χ1n) is 11.8. The fraction of sp³-hybridized carbons (Fsp3) is 0.400. The van der Waals surface area contributed by atoms with Crippen molar-refractivity contribution >= 4 is 29.4 Å². The van der Waals surface area contributed by atoms with Gasteiger partial charge in [-0.1, -0.05) is 0 Å². The number of nitrogens with one attached hydrogen (secondary N) is 2. The van der Waals surface area contributed by atoms with Crippen LogP contribution in [0.1, 0.15) is 36.7 Å². The molecule has 0 aliphatic carbocycles. The van der Waals surface area contributed by atoms with Crippen molar-refractivity contribution in [1.29, 1.82) is 0 Å². The molecule has 3 rings (SSSR count). The third-order valence-corrected chi connectivity index (χ3v) is 5.51. The van der Waals surface area contributed by atoms with E-state index in [4.69, 9.17) is 14.2 Å². The Balaban J connectivity index is 1.60. The molecule has 2 amide bonds. The highest BCUT2D eigenvalue weighted by Crippen LogP contribution is 2.28. The number of hydrogen-bond donors (Lipinski definition) is 2. The summed E-state index contributed by atoms with van der Waals surface area (Å²) in [6.45, 7) is 7.05. The molecule has 1 aliphatic rings. The van der Waals surface area contributed by atoms with Crippen molar-refractivity contribution in [2.75, 3.05) is 38.7 Å². The zero-order valence-corrected chi connectivity index (χ0v) is 21.2. The molecule has 0 radical (unpaired) electrons. The standard InChI is InChI=1S/C25H31N5O7/c1-5-26-20-8-7-19(11-21(20)30(33)34)25(32)28-27-12-18-6-9-22(23(10-18)35-4)36-15-24(31)29-13-16(2)37-17(3)14-29/h6-12,16-17,26H,5,13-15H2,1-4H3,(H,28,32)/b27-12-/t16-,17+. The quantitative estimate of drug-likeness (QED) is 0.280. The number of nitro groups is 1. The summed E-state index contributed by atoms with van der Waals surface area (Å²) < 4.78 is 16.7. The van der Waals surface area contributed by atoms with E-state index in [2.05, 4.69) is 15.8 Å². The van der Waals surface area contributed by atoms with Gasteiger partial charge in [-0.3, -0.25) is 19.7 Å². The molecule has 0 bridgehead atoms. The van der Waals surface area contributed by atoms with Crippen LogP contribution in [0, 0.1) is 10.1 Å². The number of methoxy groups -OCH3 is 1. The highest BCUT2D eigenvalue weighted by molar-refractivity contribution is 5.96. The van der Waals surface area contributed by atoms with Crippen molar-refractivity contribution in [3.05, 3.63) is 57.6 Å². The second kappa shape index (κ2) is 12.7. The Morgan fingerprint density at radius 2 is 1.92 bits per heavy atom. The number of benzene rings is 2. The van der Waals surface area contributed by atoms with Gasteiger partial charge in [-0.2, -0.15) is 5.10 Å². The minimum Gasteiger partial charge on any atom is -0.493 e. The molecule has 0 aromatic heterocycles. The van der Waals surface area contributed by atoms with Gasteiger partial charge in [0.1, 0.15) is 5.69 Å². The molecular weight excluding hydrogens is 482 g/mol. The summed E-state index contributed by atoms with van der Waals surface area (Å²) in [6.07, 6.45) is 1.33. The predicted octanol–water partition coefficient (Wildman–Crippen LogP) is 2.81. The lowest BCUT2D eigenvalue weighted by atomic mass is 10.1. The van der Waals surface area contributed by atoms with Gasteiger partial charge >= 0.3 is 0 Å². The first-order valence-corrected chi connectivity index (χ1v) is 11.8. The summed E-state index contributed by atoms with van der Waals surface area (Å²) >= 11 is 0. The van der Waals surface area contributed by atoms with E-state index >= 15 is 0 Å². The zero-order chi connectivity index (χ0) is 26.9. The van der Waals surface area contributed by atoms with Crippen LogP contribution < -0.4 is 20.2 Å². The summed E-state index contributed by atoms with van der Waals surface area (Å²) in [6, 6.07) is 9.12. The van der Waals surface area contributed by atoms with E-state index in [0.717, 1.165) is 0 Å². The Hall–Kier alpha value is -4.19. The number of rotatable bonds is 10. The topological polar surface area (TPSA) is 145 Å². The van der Waals surface area contributed by atoms with E-state index in [1.54, 1.807) is 23.1 Å². The van der Waals surface area contributed by atoms with E-state index < -0.39 is 10.8 Å². The minimum atomic E-state index is -0.598. The van der Waals surface area contributed by atoms with Crippen LogP contribution in [-0.2, 0) is 9.53 Å². The predicted molar refractivity (Wildman–Crippen MR) is 137 cm³/mol. The number of amides is 2. The maximum absolute atomic E-state index is 12.6. The second-order valence-corrected chi connectivity index (χ2v) is 8.47. The fourth-order valence-electron chi connectivity index (χ4n) is 3.89. The SMILES string of the molecule is CCNc1ccc(C(=O)N/N=C\c2ccc(OCC(=O)N3C[C@@H](C)O[C@@H](C)C3)c(OC)c2)cc1[N+](=O)[O-]. The van der Waals surface area contributed by atoms with Crippen LogP contribution in [0.4, 0.5) is 11.4 Å². The number of ether oxygens (including phenoxy) is 3. The molecule has 1 aliphatic heterocycles.